The SMILES string of the molecule is CCCCCC(=O)C(C#N)c1c(F)cccc1Cl. The number of rotatable bonds is 6. The largest absolute Gasteiger partial charge is 0.298 e. The summed E-state index contributed by atoms with van der Waals surface area (Å²) < 4.78 is 13.6. The summed E-state index contributed by atoms with van der Waals surface area (Å²) in [5.74, 6) is -1.97. The van der Waals surface area contributed by atoms with Gasteiger partial charge in [0.15, 0.2) is 5.78 Å². The van der Waals surface area contributed by atoms with Crippen LogP contribution in [-0.4, -0.2) is 5.78 Å². The molecule has 96 valence electrons. The molecule has 0 amide bonds. The molecule has 0 radical (unpaired) electrons. The molecule has 0 heterocycles. The quantitative estimate of drug-likeness (QED) is 0.724. The van der Waals surface area contributed by atoms with Crippen molar-refractivity contribution in [3.05, 3.63) is 34.6 Å². The van der Waals surface area contributed by atoms with Crippen LogP contribution in [0, 0.1) is 17.1 Å². The average molecular weight is 268 g/mol. The van der Waals surface area contributed by atoms with E-state index in [1.54, 1.807) is 0 Å². The minimum absolute atomic E-state index is 0.00293. The molecule has 0 aliphatic rings. The van der Waals surface area contributed by atoms with Gasteiger partial charge in [0.25, 0.3) is 0 Å². The van der Waals surface area contributed by atoms with Crippen LogP contribution in [-0.2, 0) is 4.79 Å². The lowest BCUT2D eigenvalue weighted by atomic mass is 9.92. The molecular weight excluding hydrogens is 253 g/mol. The number of halogens is 2. The molecule has 0 aliphatic carbocycles. The second kappa shape index (κ2) is 7.13. The van der Waals surface area contributed by atoms with Crippen molar-refractivity contribution in [3.63, 3.8) is 0 Å². The maximum atomic E-state index is 13.6. The molecule has 1 atom stereocenters. The average Bonchev–Trinajstić information content (AvgIpc) is 2.34. The Morgan fingerprint density at radius 3 is 2.78 bits per heavy atom. The van der Waals surface area contributed by atoms with Crippen LogP contribution in [0.25, 0.3) is 0 Å². The Morgan fingerprint density at radius 2 is 2.22 bits per heavy atom. The highest BCUT2D eigenvalue weighted by atomic mass is 35.5. The molecule has 1 unspecified atom stereocenters. The number of ketones is 1. The molecule has 0 N–H and O–H groups in total. The van der Waals surface area contributed by atoms with E-state index in [1.165, 1.54) is 18.2 Å². The first-order valence-corrected chi connectivity index (χ1v) is 6.35. The number of Topliss-reactive ketones (excluding diaryl/α,β-unsaturated/α-hetero) is 1. The first kappa shape index (κ1) is 14.7. The Hall–Kier alpha value is -1.40. The Labute approximate surface area is 111 Å². The molecule has 0 bridgehead atoms. The fourth-order valence-corrected chi connectivity index (χ4v) is 2.05. The third kappa shape index (κ3) is 3.54. The smallest absolute Gasteiger partial charge is 0.154 e. The lowest BCUT2D eigenvalue weighted by Crippen LogP contribution is -2.13. The Kier molecular flexibility index (Phi) is 5.80. The first-order chi connectivity index (χ1) is 8.61. The van der Waals surface area contributed by atoms with Gasteiger partial charge in [0.05, 0.1) is 6.07 Å². The van der Waals surface area contributed by atoms with Crippen LogP contribution < -0.4 is 0 Å². The number of hydrogen-bond acceptors (Lipinski definition) is 2. The molecule has 1 aromatic rings. The predicted octanol–water partition coefficient (Wildman–Crippen LogP) is 4.24. The summed E-state index contributed by atoms with van der Waals surface area (Å²) in [5, 5.41) is 9.19. The van der Waals surface area contributed by atoms with Gasteiger partial charge in [0, 0.05) is 17.0 Å². The highest BCUT2D eigenvalue weighted by Crippen LogP contribution is 2.28. The van der Waals surface area contributed by atoms with Crippen molar-refractivity contribution in [2.45, 2.75) is 38.5 Å². The van der Waals surface area contributed by atoms with Crippen LogP contribution >= 0.6 is 11.6 Å². The fraction of sp³-hybridized carbons (Fsp3) is 0.429. The van der Waals surface area contributed by atoms with Crippen molar-refractivity contribution in [1.82, 2.24) is 0 Å². The van der Waals surface area contributed by atoms with Gasteiger partial charge in [-0.1, -0.05) is 37.4 Å². The van der Waals surface area contributed by atoms with Crippen LogP contribution in [0.2, 0.25) is 5.02 Å². The van der Waals surface area contributed by atoms with Gasteiger partial charge >= 0.3 is 0 Å². The first-order valence-electron chi connectivity index (χ1n) is 5.98. The molecule has 18 heavy (non-hydrogen) atoms. The highest BCUT2D eigenvalue weighted by molar-refractivity contribution is 6.31. The Balaban J connectivity index is 2.90. The van der Waals surface area contributed by atoms with E-state index >= 15 is 0 Å². The van der Waals surface area contributed by atoms with Crippen LogP contribution in [0.5, 0.6) is 0 Å². The monoisotopic (exact) mass is 267 g/mol. The number of carbonyl (C=O) groups excluding carboxylic acids is 1. The second-order valence-corrected chi connectivity index (χ2v) is 4.53. The summed E-state index contributed by atoms with van der Waals surface area (Å²) in [5.41, 5.74) is 0.00293. The molecule has 4 heteroatoms. The van der Waals surface area contributed by atoms with Crippen molar-refractivity contribution in [1.29, 1.82) is 5.26 Å². The summed E-state index contributed by atoms with van der Waals surface area (Å²) in [6.07, 6.45) is 2.93. The topological polar surface area (TPSA) is 40.9 Å². The minimum atomic E-state index is -1.10. The van der Waals surface area contributed by atoms with Crippen molar-refractivity contribution in [2.24, 2.45) is 0 Å². The Bertz CT molecular complexity index is 447. The third-order valence-electron chi connectivity index (χ3n) is 2.77. The summed E-state index contributed by atoms with van der Waals surface area (Å²) in [6, 6.07) is 6.01. The second-order valence-electron chi connectivity index (χ2n) is 4.12. The number of nitriles is 1. The number of unbranched alkanes of at least 4 members (excludes halogenated alkanes) is 2. The number of benzene rings is 1. The van der Waals surface area contributed by atoms with Crippen molar-refractivity contribution in [3.8, 4) is 6.07 Å². The molecule has 1 aromatic carbocycles. The van der Waals surface area contributed by atoms with Gasteiger partial charge in [0.2, 0.25) is 0 Å². The van der Waals surface area contributed by atoms with Gasteiger partial charge in [-0.05, 0) is 18.6 Å². The van der Waals surface area contributed by atoms with Crippen LogP contribution in [0.15, 0.2) is 18.2 Å². The maximum absolute atomic E-state index is 13.6. The maximum Gasteiger partial charge on any atom is 0.154 e. The van der Waals surface area contributed by atoms with Gasteiger partial charge in [-0.15, -0.1) is 0 Å². The van der Waals surface area contributed by atoms with E-state index in [1.807, 2.05) is 13.0 Å². The normalized spacial score (nSPS) is 11.9. The zero-order valence-electron chi connectivity index (χ0n) is 10.2. The standard InChI is InChI=1S/C14H15ClFNO/c1-2-3-4-8-13(18)10(9-17)14-11(15)6-5-7-12(14)16/h5-7,10H,2-4,8H2,1H3. The molecule has 1 rings (SSSR count). The summed E-state index contributed by atoms with van der Waals surface area (Å²) in [6.45, 7) is 2.03. The van der Waals surface area contributed by atoms with Crippen molar-refractivity contribution < 1.29 is 9.18 Å². The van der Waals surface area contributed by atoms with Crippen LogP contribution in [0.4, 0.5) is 4.39 Å². The number of carbonyl (C=O) groups is 1. The number of nitrogens with zero attached hydrogens (tertiary/aromatic N) is 1. The van der Waals surface area contributed by atoms with E-state index in [4.69, 9.17) is 16.9 Å². The summed E-state index contributed by atoms with van der Waals surface area (Å²) >= 11 is 5.87. The van der Waals surface area contributed by atoms with E-state index in [0.717, 1.165) is 19.3 Å². The zero-order chi connectivity index (χ0) is 13.5. The zero-order valence-corrected chi connectivity index (χ0v) is 11.0. The molecule has 0 saturated carbocycles. The van der Waals surface area contributed by atoms with Gasteiger partial charge in [-0.3, -0.25) is 4.79 Å². The van der Waals surface area contributed by atoms with Crippen molar-refractivity contribution in [2.75, 3.05) is 0 Å². The van der Waals surface area contributed by atoms with Gasteiger partial charge < -0.3 is 0 Å². The van der Waals surface area contributed by atoms with E-state index in [-0.39, 0.29) is 22.8 Å². The molecule has 0 saturated heterocycles. The van der Waals surface area contributed by atoms with Crippen LogP contribution in [0.1, 0.15) is 44.1 Å². The lowest BCUT2D eigenvalue weighted by Gasteiger charge is -2.11. The van der Waals surface area contributed by atoms with E-state index in [9.17, 15) is 9.18 Å². The molecule has 0 aliphatic heterocycles. The predicted molar refractivity (Wildman–Crippen MR) is 68.9 cm³/mol. The molecule has 2 nitrogen and oxygen atoms in total. The van der Waals surface area contributed by atoms with Gasteiger partial charge in [0.1, 0.15) is 11.7 Å². The lowest BCUT2D eigenvalue weighted by molar-refractivity contribution is -0.119. The van der Waals surface area contributed by atoms with E-state index in [0.29, 0.717) is 0 Å². The van der Waals surface area contributed by atoms with E-state index < -0.39 is 11.7 Å². The molecular formula is C14H15ClFNO. The minimum Gasteiger partial charge on any atom is -0.298 e. The summed E-state index contributed by atoms with van der Waals surface area (Å²) in [4.78, 5) is 11.9. The molecule has 0 aromatic heterocycles. The van der Waals surface area contributed by atoms with E-state index in [2.05, 4.69) is 0 Å². The van der Waals surface area contributed by atoms with Gasteiger partial charge in [-0.2, -0.15) is 5.26 Å². The third-order valence-corrected chi connectivity index (χ3v) is 3.10. The van der Waals surface area contributed by atoms with Crippen molar-refractivity contribution >= 4 is 17.4 Å². The van der Waals surface area contributed by atoms with Gasteiger partial charge in [-0.25, -0.2) is 4.39 Å². The Morgan fingerprint density at radius 1 is 1.50 bits per heavy atom. The summed E-state index contributed by atoms with van der Waals surface area (Å²) in [7, 11) is 0. The fourth-order valence-electron chi connectivity index (χ4n) is 1.78. The number of hydrogen-bond donors (Lipinski definition) is 0. The highest BCUT2D eigenvalue weighted by Gasteiger charge is 2.25. The molecule has 0 fully saturated rings. The molecule has 0 spiro atoms. The van der Waals surface area contributed by atoms with Crippen LogP contribution in [0.3, 0.4) is 0 Å².